The molecule has 0 amide bonds. The van der Waals surface area contributed by atoms with Gasteiger partial charge in [0.2, 0.25) is 0 Å². The average Bonchev–Trinajstić information content (AvgIpc) is 2.09. The number of hydrogen-bond donors (Lipinski definition) is 0. The molecule has 0 atom stereocenters. The van der Waals surface area contributed by atoms with Gasteiger partial charge in [-0.05, 0) is 16.8 Å². The van der Waals surface area contributed by atoms with E-state index in [9.17, 15) is 10.1 Å². The summed E-state index contributed by atoms with van der Waals surface area (Å²) < 4.78 is 0. The first kappa shape index (κ1) is 10.5. The Hall–Kier alpha value is -1.52. The maximum absolute atomic E-state index is 10.0. The van der Waals surface area contributed by atoms with Crippen LogP contribution >= 0.6 is 0 Å². The second-order valence-electron chi connectivity index (χ2n) is 1.77. The van der Waals surface area contributed by atoms with E-state index in [-0.39, 0.29) is 5.82 Å². The molecule has 0 spiro atoms. The fraction of sp³-hybridized carbons (Fsp3) is 0.429. The van der Waals surface area contributed by atoms with Gasteiger partial charge < -0.3 is 10.1 Å². The van der Waals surface area contributed by atoms with Crippen LogP contribution in [-0.4, -0.2) is 14.9 Å². The Morgan fingerprint density at radius 1 is 1.33 bits per heavy atom. The summed E-state index contributed by atoms with van der Waals surface area (Å²) in [4.78, 5) is 16.7. The quantitative estimate of drug-likeness (QED) is 0.474. The Kier molecular flexibility index (Phi) is 4.52. The summed E-state index contributed by atoms with van der Waals surface area (Å²) in [6.45, 7) is 5.72. The molecule has 0 aromatic carbocycles. The summed E-state index contributed by atoms with van der Waals surface area (Å²) >= 11 is 0. The molecule has 1 heterocycles. The lowest BCUT2D eigenvalue weighted by molar-refractivity contribution is -0.389. The third kappa shape index (κ3) is 3.05. The van der Waals surface area contributed by atoms with Crippen LogP contribution in [0.4, 0.5) is 5.82 Å². The molecular weight excluding hydrogens is 158 g/mol. The molecule has 66 valence electrons. The molecule has 0 aliphatic heterocycles. The van der Waals surface area contributed by atoms with Crippen molar-refractivity contribution in [1.29, 1.82) is 0 Å². The van der Waals surface area contributed by atoms with Gasteiger partial charge in [0.1, 0.15) is 6.20 Å². The van der Waals surface area contributed by atoms with Crippen molar-refractivity contribution in [1.82, 2.24) is 9.97 Å². The minimum absolute atomic E-state index is 0.217. The molecule has 0 N–H and O–H groups in total. The van der Waals surface area contributed by atoms with E-state index in [0.717, 1.165) is 6.20 Å². The van der Waals surface area contributed by atoms with Crippen LogP contribution in [0.25, 0.3) is 0 Å². The zero-order chi connectivity index (χ0) is 9.56. The first-order valence-corrected chi connectivity index (χ1v) is 3.63. The molecular formula is C7H11N3O2. The van der Waals surface area contributed by atoms with Gasteiger partial charge in [-0.25, -0.2) is 4.98 Å². The SMILES string of the molecule is CC.Cc1cnc([N+](=O)[O-])cn1. The van der Waals surface area contributed by atoms with Gasteiger partial charge in [-0.1, -0.05) is 13.8 Å². The van der Waals surface area contributed by atoms with Crippen molar-refractivity contribution in [2.24, 2.45) is 0 Å². The summed E-state index contributed by atoms with van der Waals surface area (Å²) in [6, 6.07) is 0. The Bertz CT molecular complexity index is 245. The standard InChI is InChI=1S/C5H5N3O2.C2H6/c1-4-2-7-5(3-6-4)8(9)10;1-2/h2-3H,1H3;1-2H3. The average molecular weight is 169 g/mol. The lowest BCUT2D eigenvalue weighted by Gasteiger charge is -1.88. The van der Waals surface area contributed by atoms with E-state index in [1.165, 1.54) is 6.20 Å². The van der Waals surface area contributed by atoms with Crippen molar-refractivity contribution in [2.75, 3.05) is 0 Å². The van der Waals surface area contributed by atoms with E-state index in [2.05, 4.69) is 9.97 Å². The number of aryl methyl sites for hydroxylation is 1. The molecule has 0 fully saturated rings. The lowest BCUT2D eigenvalue weighted by atomic mass is 10.5. The second-order valence-corrected chi connectivity index (χ2v) is 1.77. The van der Waals surface area contributed by atoms with E-state index in [1.54, 1.807) is 6.92 Å². The summed E-state index contributed by atoms with van der Waals surface area (Å²) in [5.41, 5.74) is 0.672. The van der Waals surface area contributed by atoms with Crippen LogP contribution in [0.3, 0.4) is 0 Å². The molecule has 0 bridgehead atoms. The molecule has 0 aliphatic rings. The summed E-state index contributed by atoms with van der Waals surface area (Å²) in [7, 11) is 0. The van der Waals surface area contributed by atoms with Crippen molar-refractivity contribution in [3.05, 3.63) is 28.2 Å². The van der Waals surface area contributed by atoms with E-state index in [0.29, 0.717) is 5.69 Å². The highest BCUT2D eigenvalue weighted by molar-refractivity contribution is 5.12. The molecule has 0 saturated heterocycles. The lowest BCUT2D eigenvalue weighted by Crippen LogP contribution is -1.93. The molecule has 0 unspecified atom stereocenters. The molecule has 5 heteroatoms. The third-order valence-electron chi connectivity index (χ3n) is 0.954. The van der Waals surface area contributed by atoms with Crippen molar-refractivity contribution in [3.63, 3.8) is 0 Å². The Labute approximate surface area is 70.6 Å². The van der Waals surface area contributed by atoms with Crippen LogP contribution in [0.2, 0.25) is 0 Å². The maximum atomic E-state index is 10.0. The number of hydrogen-bond acceptors (Lipinski definition) is 4. The van der Waals surface area contributed by atoms with Gasteiger partial charge in [-0.2, -0.15) is 0 Å². The third-order valence-corrected chi connectivity index (χ3v) is 0.954. The Balaban J connectivity index is 0.000000561. The van der Waals surface area contributed by atoms with Gasteiger partial charge in [0, 0.05) is 0 Å². The van der Waals surface area contributed by atoms with Crippen LogP contribution in [0.1, 0.15) is 19.5 Å². The van der Waals surface area contributed by atoms with Gasteiger partial charge in [0.25, 0.3) is 0 Å². The molecule has 0 aliphatic carbocycles. The number of nitro groups is 1. The van der Waals surface area contributed by atoms with Crippen molar-refractivity contribution >= 4 is 5.82 Å². The van der Waals surface area contributed by atoms with Crippen LogP contribution < -0.4 is 0 Å². The highest BCUT2D eigenvalue weighted by Gasteiger charge is 2.04. The van der Waals surface area contributed by atoms with Gasteiger partial charge in [-0.15, -0.1) is 0 Å². The minimum Gasteiger partial charge on any atom is -0.358 e. The highest BCUT2D eigenvalue weighted by atomic mass is 16.6. The minimum atomic E-state index is -0.577. The van der Waals surface area contributed by atoms with Crippen LogP contribution in [0.5, 0.6) is 0 Å². The number of aromatic nitrogens is 2. The van der Waals surface area contributed by atoms with Gasteiger partial charge in [-0.3, -0.25) is 0 Å². The van der Waals surface area contributed by atoms with Gasteiger partial charge >= 0.3 is 5.82 Å². The number of nitrogens with zero attached hydrogens (tertiary/aromatic N) is 3. The van der Waals surface area contributed by atoms with E-state index in [4.69, 9.17) is 0 Å². The summed E-state index contributed by atoms with van der Waals surface area (Å²) in [5, 5.41) is 10.0. The van der Waals surface area contributed by atoms with Gasteiger partial charge in [0.05, 0.1) is 5.69 Å². The molecule has 1 aromatic heterocycles. The molecule has 1 aromatic rings. The van der Waals surface area contributed by atoms with Crippen LogP contribution in [0.15, 0.2) is 12.4 Å². The molecule has 5 nitrogen and oxygen atoms in total. The Morgan fingerprint density at radius 3 is 2.25 bits per heavy atom. The highest BCUT2D eigenvalue weighted by Crippen LogP contribution is 2.01. The fourth-order valence-electron chi connectivity index (χ4n) is 0.480. The molecule has 0 saturated carbocycles. The van der Waals surface area contributed by atoms with E-state index in [1.807, 2.05) is 13.8 Å². The van der Waals surface area contributed by atoms with E-state index >= 15 is 0 Å². The van der Waals surface area contributed by atoms with E-state index < -0.39 is 4.92 Å². The van der Waals surface area contributed by atoms with Crippen molar-refractivity contribution < 1.29 is 4.92 Å². The first-order valence-electron chi connectivity index (χ1n) is 3.63. The van der Waals surface area contributed by atoms with Crippen LogP contribution in [-0.2, 0) is 0 Å². The molecule has 0 radical (unpaired) electrons. The smallest absolute Gasteiger partial charge is 0.358 e. The zero-order valence-corrected chi connectivity index (χ0v) is 7.31. The monoisotopic (exact) mass is 169 g/mol. The van der Waals surface area contributed by atoms with Crippen molar-refractivity contribution in [3.8, 4) is 0 Å². The van der Waals surface area contributed by atoms with Crippen LogP contribution in [0, 0.1) is 17.0 Å². The Morgan fingerprint density at radius 2 is 1.92 bits per heavy atom. The molecule has 12 heavy (non-hydrogen) atoms. The topological polar surface area (TPSA) is 68.9 Å². The van der Waals surface area contributed by atoms with Crippen molar-refractivity contribution in [2.45, 2.75) is 20.8 Å². The molecule has 1 rings (SSSR count). The predicted molar refractivity (Wildman–Crippen MR) is 44.8 cm³/mol. The normalized spacial score (nSPS) is 8.25. The first-order chi connectivity index (χ1) is 5.70. The zero-order valence-electron chi connectivity index (χ0n) is 7.31. The number of rotatable bonds is 1. The largest absolute Gasteiger partial charge is 0.381 e. The fourth-order valence-corrected chi connectivity index (χ4v) is 0.480. The summed E-state index contributed by atoms with van der Waals surface area (Å²) in [6.07, 6.45) is 2.49. The summed E-state index contributed by atoms with van der Waals surface area (Å²) in [5.74, 6) is -0.217. The van der Waals surface area contributed by atoms with Gasteiger partial charge in [0.15, 0.2) is 6.20 Å². The second kappa shape index (κ2) is 5.17. The predicted octanol–water partition coefficient (Wildman–Crippen LogP) is 1.72. The maximum Gasteiger partial charge on any atom is 0.381 e.